The molecule has 8 nitrogen and oxygen atoms in total. The fourth-order valence-corrected chi connectivity index (χ4v) is 7.49. The smallest absolute Gasteiger partial charge is 0.305 e. The van der Waals surface area contributed by atoms with Crippen molar-refractivity contribution in [3.63, 3.8) is 0 Å². The first-order chi connectivity index (χ1) is 21.4. The van der Waals surface area contributed by atoms with Gasteiger partial charge in [-0.15, -0.1) is 0 Å². The first kappa shape index (κ1) is 31.0. The van der Waals surface area contributed by atoms with E-state index in [1.807, 2.05) is 13.0 Å². The number of nitrogens with zero attached hydrogens (tertiary/aromatic N) is 3. The summed E-state index contributed by atoms with van der Waals surface area (Å²) < 4.78 is 4.99. The summed E-state index contributed by atoms with van der Waals surface area (Å²) in [5.74, 6) is 0.549. The third-order valence-electron chi connectivity index (χ3n) is 9.87. The van der Waals surface area contributed by atoms with Gasteiger partial charge in [0.2, 0.25) is 0 Å². The average molecular weight is 609 g/mol. The molecule has 6 rings (SSSR count). The van der Waals surface area contributed by atoms with Crippen molar-refractivity contribution in [3.05, 3.63) is 91.5 Å². The van der Waals surface area contributed by atoms with E-state index in [9.17, 15) is 15.0 Å². The van der Waals surface area contributed by atoms with E-state index in [-0.39, 0.29) is 24.2 Å². The molecule has 8 bridgehead atoms. The van der Waals surface area contributed by atoms with Gasteiger partial charge in [0.1, 0.15) is 5.76 Å². The number of methoxy groups -OCH3 is 1. The highest BCUT2D eigenvalue weighted by Crippen LogP contribution is 2.47. The zero-order valence-corrected chi connectivity index (χ0v) is 27.6. The molecule has 1 saturated heterocycles. The molecule has 0 aromatic carbocycles. The highest BCUT2D eigenvalue weighted by atomic mass is 16.5. The van der Waals surface area contributed by atoms with Gasteiger partial charge < -0.3 is 20.3 Å². The summed E-state index contributed by atoms with van der Waals surface area (Å²) >= 11 is 0. The highest BCUT2D eigenvalue weighted by molar-refractivity contribution is 6.21. The summed E-state index contributed by atoms with van der Waals surface area (Å²) in [4.78, 5) is 27.7. The molecule has 8 heteroatoms. The number of aliphatic imine (C=N–C) groups is 3. The zero-order valence-electron chi connectivity index (χ0n) is 27.6. The lowest BCUT2D eigenvalue weighted by atomic mass is 9.86. The number of carbonyl (C=O) groups is 1. The maximum absolute atomic E-state index is 12.3. The van der Waals surface area contributed by atoms with Crippen molar-refractivity contribution >= 4 is 23.1 Å². The van der Waals surface area contributed by atoms with Crippen LogP contribution in [-0.2, 0) is 9.53 Å². The molecule has 0 amide bonds. The standard InChI is InChI=1S/C37H44N4O4/c1-9-22-29-16-30-24(12-17(2)3)19(5)26(38-30)15-31-34(21(7)42)20(6)28(39-31)14-27-18(4)23(10-11-33(44)45-8)36(40-27)25-13-32(43)35(22)37(25)41-29/h14-18,21,23,40,42-43H,9-13H2,1-8H3/t18-,21?,23-/m0/s1. The number of carbonyl (C=O) groups excluding carboxylic acids is 1. The molecule has 0 spiro atoms. The molecule has 1 aliphatic carbocycles. The van der Waals surface area contributed by atoms with Crippen molar-refractivity contribution in [1.29, 1.82) is 0 Å². The summed E-state index contributed by atoms with van der Waals surface area (Å²) in [5, 5.41) is 26.0. The Kier molecular flexibility index (Phi) is 8.06. The fourth-order valence-electron chi connectivity index (χ4n) is 7.49. The number of hydrogen-bond acceptors (Lipinski definition) is 8. The molecule has 5 aliphatic heterocycles. The number of aliphatic hydroxyl groups excluding tert-OH is 2. The lowest BCUT2D eigenvalue weighted by Gasteiger charge is -2.17. The largest absolute Gasteiger partial charge is 0.511 e. The Morgan fingerprint density at radius 1 is 1.04 bits per heavy atom. The van der Waals surface area contributed by atoms with Gasteiger partial charge in [-0.05, 0) is 86.5 Å². The van der Waals surface area contributed by atoms with Crippen LogP contribution in [0.3, 0.4) is 0 Å². The molecule has 0 radical (unpaired) electrons. The number of fused-ring (bicyclic) bond motifs is 5. The van der Waals surface area contributed by atoms with Crippen LogP contribution in [0.5, 0.6) is 0 Å². The van der Waals surface area contributed by atoms with Crippen molar-refractivity contribution in [1.82, 2.24) is 5.32 Å². The van der Waals surface area contributed by atoms with E-state index in [1.54, 1.807) is 6.92 Å². The Bertz CT molecular complexity index is 1750. The quantitative estimate of drug-likeness (QED) is 0.269. The number of aliphatic hydroxyl groups is 2. The second-order valence-corrected chi connectivity index (χ2v) is 13.3. The van der Waals surface area contributed by atoms with Crippen molar-refractivity contribution in [2.75, 3.05) is 7.11 Å². The zero-order chi connectivity index (χ0) is 32.3. The van der Waals surface area contributed by atoms with Gasteiger partial charge in [0.25, 0.3) is 0 Å². The second kappa shape index (κ2) is 11.7. The number of ether oxygens (including phenoxy) is 1. The molecule has 1 unspecified atom stereocenters. The molecular formula is C37H44N4O4. The van der Waals surface area contributed by atoms with E-state index in [0.717, 1.165) is 91.9 Å². The summed E-state index contributed by atoms with van der Waals surface area (Å²) in [6, 6.07) is 0. The number of nitrogens with one attached hydrogen (secondary N) is 1. The molecule has 236 valence electrons. The van der Waals surface area contributed by atoms with E-state index < -0.39 is 6.10 Å². The third-order valence-corrected chi connectivity index (χ3v) is 9.87. The monoisotopic (exact) mass is 608 g/mol. The van der Waals surface area contributed by atoms with Gasteiger partial charge in [-0.2, -0.15) is 0 Å². The van der Waals surface area contributed by atoms with Crippen LogP contribution in [-0.4, -0.2) is 46.5 Å². The van der Waals surface area contributed by atoms with Crippen molar-refractivity contribution in [2.24, 2.45) is 32.7 Å². The SMILES string of the molecule is CCC1=C2C=C3N=C(C=C4N=C(C=C5NC(=C6CC(O)=C1C6=N2)[C@@H](CCC(=O)OC)[C@@H]5C)C(C)=C4C(C)O)C(C)=C3CC(C)C. The average Bonchev–Trinajstić information content (AvgIpc) is 3.74. The first-order valence-corrected chi connectivity index (χ1v) is 16.2. The molecule has 0 aromatic heterocycles. The Labute approximate surface area is 265 Å². The topological polar surface area (TPSA) is 116 Å². The Hall–Kier alpha value is -4.04. The third kappa shape index (κ3) is 5.23. The van der Waals surface area contributed by atoms with Gasteiger partial charge in [0.15, 0.2) is 0 Å². The summed E-state index contributed by atoms with van der Waals surface area (Å²) in [7, 11) is 1.42. The summed E-state index contributed by atoms with van der Waals surface area (Å²) in [6.45, 7) is 14.6. The van der Waals surface area contributed by atoms with Crippen LogP contribution in [0.1, 0.15) is 80.6 Å². The van der Waals surface area contributed by atoms with Crippen molar-refractivity contribution < 1.29 is 19.7 Å². The van der Waals surface area contributed by atoms with Crippen molar-refractivity contribution in [3.8, 4) is 0 Å². The Morgan fingerprint density at radius 2 is 1.76 bits per heavy atom. The molecule has 1 fully saturated rings. The molecule has 0 aromatic rings. The predicted octanol–water partition coefficient (Wildman–Crippen LogP) is 7.02. The first-order valence-electron chi connectivity index (χ1n) is 16.2. The van der Waals surface area contributed by atoms with Crippen LogP contribution in [0.15, 0.2) is 106 Å². The van der Waals surface area contributed by atoms with Gasteiger partial charge in [-0.3, -0.25) is 4.79 Å². The maximum atomic E-state index is 12.3. The van der Waals surface area contributed by atoms with Gasteiger partial charge in [0, 0.05) is 52.8 Å². The van der Waals surface area contributed by atoms with Gasteiger partial charge in [-0.25, -0.2) is 15.0 Å². The van der Waals surface area contributed by atoms with Gasteiger partial charge in [0.05, 0.1) is 47.4 Å². The Morgan fingerprint density at radius 3 is 2.42 bits per heavy atom. The Balaban J connectivity index is 1.61. The lowest BCUT2D eigenvalue weighted by Crippen LogP contribution is -2.16. The van der Waals surface area contributed by atoms with E-state index in [2.05, 4.69) is 52.1 Å². The van der Waals surface area contributed by atoms with E-state index in [4.69, 9.17) is 19.7 Å². The molecule has 0 saturated carbocycles. The summed E-state index contributed by atoms with van der Waals surface area (Å²) in [5.41, 5.74) is 13.7. The van der Waals surface area contributed by atoms with Crippen LogP contribution < -0.4 is 5.32 Å². The van der Waals surface area contributed by atoms with Crippen LogP contribution in [0.25, 0.3) is 0 Å². The van der Waals surface area contributed by atoms with Crippen LogP contribution in [0.4, 0.5) is 0 Å². The van der Waals surface area contributed by atoms with Gasteiger partial charge >= 0.3 is 5.97 Å². The molecule has 6 aliphatic rings. The highest BCUT2D eigenvalue weighted by Gasteiger charge is 2.42. The second-order valence-electron chi connectivity index (χ2n) is 13.3. The number of allylic oxidation sites excluding steroid dienone is 11. The van der Waals surface area contributed by atoms with Crippen LogP contribution >= 0.6 is 0 Å². The maximum Gasteiger partial charge on any atom is 0.305 e. The van der Waals surface area contributed by atoms with E-state index in [0.29, 0.717) is 24.5 Å². The molecule has 3 atom stereocenters. The number of esters is 1. The normalized spacial score (nSPS) is 24.8. The minimum Gasteiger partial charge on any atom is -0.511 e. The number of rotatable bonds is 7. The predicted molar refractivity (Wildman–Crippen MR) is 179 cm³/mol. The van der Waals surface area contributed by atoms with E-state index >= 15 is 0 Å². The molecule has 3 N–H and O–H groups in total. The minimum absolute atomic E-state index is 0.00861. The fraction of sp³-hybridized carbons (Fsp3) is 0.459. The lowest BCUT2D eigenvalue weighted by molar-refractivity contribution is -0.140. The minimum atomic E-state index is -0.706. The molecule has 45 heavy (non-hydrogen) atoms. The van der Waals surface area contributed by atoms with Crippen LogP contribution in [0.2, 0.25) is 0 Å². The van der Waals surface area contributed by atoms with Crippen LogP contribution in [0, 0.1) is 17.8 Å². The molecular weight excluding hydrogens is 564 g/mol. The summed E-state index contributed by atoms with van der Waals surface area (Å²) in [6.07, 6.45) is 8.30. The van der Waals surface area contributed by atoms with Gasteiger partial charge in [-0.1, -0.05) is 27.7 Å². The molecule has 5 heterocycles. The van der Waals surface area contributed by atoms with Crippen molar-refractivity contribution in [2.45, 2.75) is 86.7 Å². The number of hydrogen-bond donors (Lipinski definition) is 3. The van der Waals surface area contributed by atoms with E-state index in [1.165, 1.54) is 12.7 Å².